The molecular formula is C11H21N3O. The molecule has 1 rings (SSSR count). The zero-order chi connectivity index (χ0) is 10.9. The molecule has 0 atom stereocenters. The molecule has 0 aromatic carbocycles. The number of nitrogens with zero attached hydrogens (tertiary/aromatic N) is 2. The van der Waals surface area contributed by atoms with Crippen LogP contribution in [-0.4, -0.2) is 36.1 Å². The molecule has 0 aliphatic carbocycles. The van der Waals surface area contributed by atoms with Gasteiger partial charge in [0.15, 0.2) is 0 Å². The van der Waals surface area contributed by atoms with Gasteiger partial charge in [0.05, 0.1) is 12.3 Å². The van der Waals surface area contributed by atoms with Crippen LogP contribution in [0.15, 0.2) is 12.3 Å². The highest BCUT2D eigenvalue weighted by molar-refractivity contribution is 4.98. The second-order valence-electron chi connectivity index (χ2n) is 3.59. The minimum absolute atomic E-state index is 0.802. The Morgan fingerprint density at radius 2 is 2.27 bits per heavy atom. The number of rotatable bonds is 8. The lowest BCUT2D eigenvalue weighted by Gasteiger charge is -2.03. The Hall–Kier alpha value is -0.870. The van der Waals surface area contributed by atoms with E-state index < -0.39 is 0 Å². The maximum Gasteiger partial charge on any atom is 0.0637 e. The SMILES string of the molecule is CCCOCCNCCc1ccn(C)n1. The highest BCUT2D eigenvalue weighted by Gasteiger charge is 1.95. The highest BCUT2D eigenvalue weighted by Crippen LogP contribution is 1.93. The topological polar surface area (TPSA) is 39.1 Å². The summed E-state index contributed by atoms with van der Waals surface area (Å²) in [7, 11) is 1.94. The van der Waals surface area contributed by atoms with Gasteiger partial charge in [0.1, 0.15) is 0 Å². The van der Waals surface area contributed by atoms with E-state index in [0.717, 1.165) is 44.8 Å². The summed E-state index contributed by atoms with van der Waals surface area (Å²) in [6.07, 6.45) is 4.04. The van der Waals surface area contributed by atoms with Crippen LogP contribution >= 0.6 is 0 Å². The number of aryl methyl sites for hydroxylation is 1. The van der Waals surface area contributed by atoms with Gasteiger partial charge in [-0.05, 0) is 12.5 Å². The molecule has 15 heavy (non-hydrogen) atoms. The van der Waals surface area contributed by atoms with Gasteiger partial charge in [-0.25, -0.2) is 0 Å². The molecule has 0 aliphatic rings. The van der Waals surface area contributed by atoms with Gasteiger partial charge >= 0.3 is 0 Å². The molecule has 0 radical (unpaired) electrons. The van der Waals surface area contributed by atoms with Gasteiger partial charge in [0.25, 0.3) is 0 Å². The summed E-state index contributed by atoms with van der Waals surface area (Å²) >= 11 is 0. The number of hydrogen-bond acceptors (Lipinski definition) is 3. The van der Waals surface area contributed by atoms with Crippen molar-refractivity contribution in [3.8, 4) is 0 Å². The molecule has 1 aromatic rings. The highest BCUT2D eigenvalue weighted by atomic mass is 16.5. The molecule has 0 amide bonds. The van der Waals surface area contributed by atoms with E-state index in [4.69, 9.17) is 4.74 Å². The van der Waals surface area contributed by atoms with Crippen LogP contribution < -0.4 is 5.32 Å². The van der Waals surface area contributed by atoms with Crippen LogP contribution in [0.4, 0.5) is 0 Å². The Labute approximate surface area is 91.6 Å². The third-order valence-electron chi connectivity index (χ3n) is 2.10. The monoisotopic (exact) mass is 211 g/mol. The van der Waals surface area contributed by atoms with Crippen LogP contribution in [0, 0.1) is 0 Å². The van der Waals surface area contributed by atoms with Crippen molar-refractivity contribution in [1.29, 1.82) is 0 Å². The second-order valence-corrected chi connectivity index (χ2v) is 3.59. The maximum atomic E-state index is 5.36. The average molecular weight is 211 g/mol. The molecule has 0 spiro atoms. The van der Waals surface area contributed by atoms with E-state index in [9.17, 15) is 0 Å². The molecular weight excluding hydrogens is 190 g/mol. The number of ether oxygens (including phenoxy) is 1. The smallest absolute Gasteiger partial charge is 0.0637 e. The van der Waals surface area contributed by atoms with Crippen molar-refractivity contribution in [2.45, 2.75) is 19.8 Å². The van der Waals surface area contributed by atoms with Gasteiger partial charge in [-0.3, -0.25) is 4.68 Å². The average Bonchev–Trinajstić information content (AvgIpc) is 2.63. The van der Waals surface area contributed by atoms with E-state index in [1.54, 1.807) is 0 Å². The lowest BCUT2D eigenvalue weighted by atomic mass is 10.3. The van der Waals surface area contributed by atoms with Gasteiger partial charge in [-0.15, -0.1) is 0 Å². The normalized spacial score (nSPS) is 10.8. The summed E-state index contributed by atoms with van der Waals surface area (Å²) in [6.45, 7) is 5.67. The Morgan fingerprint density at radius 1 is 1.40 bits per heavy atom. The first-order valence-electron chi connectivity index (χ1n) is 5.60. The third-order valence-corrected chi connectivity index (χ3v) is 2.10. The molecule has 0 aliphatic heterocycles. The fraction of sp³-hybridized carbons (Fsp3) is 0.727. The Bertz CT molecular complexity index is 260. The van der Waals surface area contributed by atoms with Crippen molar-refractivity contribution in [2.24, 2.45) is 7.05 Å². The number of nitrogens with one attached hydrogen (secondary N) is 1. The molecule has 0 saturated carbocycles. The molecule has 0 fully saturated rings. The first-order chi connectivity index (χ1) is 7.33. The molecule has 4 heteroatoms. The van der Waals surface area contributed by atoms with E-state index >= 15 is 0 Å². The van der Waals surface area contributed by atoms with E-state index in [1.165, 1.54) is 0 Å². The fourth-order valence-corrected chi connectivity index (χ4v) is 1.33. The zero-order valence-corrected chi connectivity index (χ0v) is 9.70. The zero-order valence-electron chi connectivity index (χ0n) is 9.70. The summed E-state index contributed by atoms with van der Waals surface area (Å²) in [6, 6.07) is 2.05. The van der Waals surface area contributed by atoms with Crippen molar-refractivity contribution in [1.82, 2.24) is 15.1 Å². The third kappa shape index (κ3) is 5.54. The first-order valence-corrected chi connectivity index (χ1v) is 5.60. The van der Waals surface area contributed by atoms with E-state index in [1.807, 2.05) is 17.9 Å². The molecule has 1 heterocycles. The van der Waals surface area contributed by atoms with Crippen molar-refractivity contribution < 1.29 is 4.74 Å². The van der Waals surface area contributed by atoms with E-state index in [-0.39, 0.29) is 0 Å². The molecule has 1 N–H and O–H groups in total. The molecule has 0 bridgehead atoms. The number of hydrogen-bond donors (Lipinski definition) is 1. The van der Waals surface area contributed by atoms with Crippen molar-refractivity contribution in [3.05, 3.63) is 18.0 Å². The Morgan fingerprint density at radius 3 is 2.93 bits per heavy atom. The minimum Gasteiger partial charge on any atom is -0.380 e. The molecule has 1 aromatic heterocycles. The lowest BCUT2D eigenvalue weighted by molar-refractivity contribution is 0.136. The fourth-order valence-electron chi connectivity index (χ4n) is 1.33. The molecule has 0 unspecified atom stereocenters. The Kier molecular flexibility index (Phi) is 6.04. The van der Waals surface area contributed by atoms with Crippen LogP contribution in [0.5, 0.6) is 0 Å². The van der Waals surface area contributed by atoms with Crippen LogP contribution in [0.25, 0.3) is 0 Å². The van der Waals surface area contributed by atoms with Gasteiger partial charge in [0.2, 0.25) is 0 Å². The van der Waals surface area contributed by atoms with E-state index in [0.29, 0.717) is 0 Å². The van der Waals surface area contributed by atoms with Crippen molar-refractivity contribution >= 4 is 0 Å². The molecule has 86 valence electrons. The van der Waals surface area contributed by atoms with Gasteiger partial charge < -0.3 is 10.1 Å². The van der Waals surface area contributed by atoms with Gasteiger partial charge in [-0.1, -0.05) is 6.92 Å². The minimum atomic E-state index is 0.802. The largest absolute Gasteiger partial charge is 0.380 e. The van der Waals surface area contributed by atoms with Crippen LogP contribution in [0.3, 0.4) is 0 Å². The van der Waals surface area contributed by atoms with Crippen LogP contribution in [0.2, 0.25) is 0 Å². The van der Waals surface area contributed by atoms with Crippen molar-refractivity contribution in [2.75, 3.05) is 26.3 Å². The number of aromatic nitrogens is 2. The standard InChI is InChI=1S/C11H21N3O/c1-3-9-15-10-7-12-6-4-11-5-8-14(2)13-11/h5,8,12H,3-4,6-7,9-10H2,1-2H3. The van der Waals surface area contributed by atoms with E-state index in [2.05, 4.69) is 23.4 Å². The van der Waals surface area contributed by atoms with Crippen LogP contribution in [0.1, 0.15) is 19.0 Å². The summed E-state index contributed by atoms with van der Waals surface area (Å²) in [5.41, 5.74) is 1.14. The summed E-state index contributed by atoms with van der Waals surface area (Å²) in [5, 5.41) is 7.63. The first kappa shape index (κ1) is 12.2. The molecule has 0 saturated heterocycles. The van der Waals surface area contributed by atoms with Crippen LogP contribution in [-0.2, 0) is 18.2 Å². The second kappa shape index (κ2) is 7.43. The summed E-state index contributed by atoms with van der Waals surface area (Å²) in [4.78, 5) is 0. The quantitative estimate of drug-likeness (QED) is 0.651. The van der Waals surface area contributed by atoms with Gasteiger partial charge in [0, 0.05) is 39.4 Å². The van der Waals surface area contributed by atoms with Crippen molar-refractivity contribution in [3.63, 3.8) is 0 Å². The predicted molar refractivity (Wildman–Crippen MR) is 60.9 cm³/mol. The maximum absolute atomic E-state index is 5.36. The Balaban J connectivity index is 1.93. The molecule has 4 nitrogen and oxygen atoms in total. The van der Waals surface area contributed by atoms with Gasteiger partial charge in [-0.2, -0.15) is 5.10 Å². The summed E-state index contributed by atoms with van der Waals surface area (Å²) < 4.78 is 7.19. The lowest BCUT2D eigenvalue weighted by Crippen LogP contribution is -2.22. The summed E-state index contributed by atoms with van der Waals surface area (Å²) in [5.74, 6) is 0. The predicted octanol–water partition coefficient (Wildman–Crippen LogP) is 0.979.